The van der Waals surface area contributed by atoms with Gasteiger partial charge < -0.3 is 4.90 Å². The van der Waals surface area contributed by atoms with E-state index < -0.39 is 0 Å². The summed E-state index contributed by atoms with van der Waals surface area (Å²) in [5.74, 6) is 0.0706. The van der Waals surface area contributed by atoms with Crippen LogP contribution in [-0.4, -0.2) is 57.5 Å². The fourth-order valence-corrected chi connectivity index (χ4v) is 4.97. The van der Waals surface area contributed by atoms with Gasteiger partial charge in [-0.1, -0.05) is 31.7 Å². The maximum atomic E-state index is 13.2. The van der Waals surface area contributed by atoms with Crippen molar-refractivity contribution < 1.29 is 4.79 Å². The molecule has 1 saturated carbocycles. The summed E-state index contributed by atoms with van der Waals surface area (Å²) in [6.45, 7) is 3.21. The Labute approximate surface area is 156 Å². The van der Waals surface area contributed by atoms with Gasteiger partial charge in [-0.05, 0) is 57.0 Å². The van der Waals surface area contributed by atoms with Crippen LogP contribution in [0, 0.1) is 0 Å². The fourth-order valence-electron chi connectivity index (χ4n) is 4.97. The molecule has 2 aromatic heterocycles. The number of likely N-dealkylation sites (N-methyl/N-ethyl adjacent to an activating group) is 1. The third kappa shape index (κ3) is 3.25. The van der Waals surface area contributed by atoms with Gasteiger partial charge in [0.25, 0.3) is 5.91 Å². The van der Waals surface area contributed by atoms with Crippen molar-refractivity contribution in [2.24, 2.45) is 0 Å². The lowest BCUT2D eigenvalue weighted by Crippen LogP contribution is -2.58. The molecule has 1 saturated heterocycles. The van der Waals surface area contributed by atoms with Crippen molar-refractivity contribution in [1.29, 1.82) is 0 Å². The van der Waals surface area contributed by atoms with Crippen molar-refractivity contribution in [1.82, 2.24) is 19.4 Å². The average molecular weight is 354 g/mol. The molecule has 0 atom stereocenters. The lowest BCUT2D eigenvalue weighted by molar-refractivity contribution is 0.00968. The molecule has 1 aliphatic heterocycles. The molecule has 0 radical (unpaired) electrons. The highest BCUT2D eigenvalue weighted by Crippen LogP contribution is 2.36. The zero-order valence-corrected chi connectivity index (χ0v) is 15.9. The van der Waals surface area contributed by atoms with E-state index in [1.165, 1.54) is 64.5 Å². The number of hydrogen-bond acceptors (Lipinski definition) is 3. The minimum atomic E-state index is 0.0706. The van der Waals surface area contributed by atoms with Crippen LogP contribution in [0.1, 0.15) is 61.9 Å². The summed E-state index contributed by atoms with van der Waals surface area (Å²) in [7, 11) is 1.96. The number of rotatable bonds is 4. The van der Waals surface area contributed by atoms with Crippen LogP contribution in [0.5, 0.6) is 0 Å². The largest absolute Gasteiger partial charge is 0.339 e. The Hall–Kier alpha value is -1.88. The molecule has 5 heteroatoms. The van der Waals surface area contributed by atoms with E-state index in [0.717, 1.165) is 12.1 Å². The second kappa shape index (κ2) is 7.39. The Morgan fingerprint density at radius 3 is 2.58 bits per heavy atom. The van der Waals surface area contributed by atoms with Gasteiger partial charge in [-0.15, -0.1) is 0 Å². The maximum absolute atomic E-state index is 13.2. The first-order valence-corrected chi connectivity index (χ1v) is 10.1. The third-order valence-electron chi connectivity index (χ3n) is 6.33. The zero-order chi connectivity index (χ0) is 18.0. The van der Waals surface area contributed by atoms with Crippen molar-refractivity contribution in [3.05, 3.63) is 36.2 Å². The highest BCUT2D eigenvalue weighted by molar-refractivity contribution is 5.93. The minimum absolute atomic E-state index is 0.0706. The number of fused-ring (bicyclic) bond motifs is 1. The van der Waals surface area contributed by atoms with Gasteiger partial charge in [-0.25, -0.2) is 4.52 Å². The van der Waals surface area contributed by atoms with E-state index >= 15 is 0 Å². The van der Waals surface area contributed by atoms with E-state index in [4.69, 9.17) is 0 Å². The third-order valence-corrected chi connectivity index (χ3v) is 6.33. The molecule has 0 unspecified atom stereocenters. The molecule has 2 fully saturated rings. The van der Waals surface area contributed by atoms with Crippen LogP contribution in [0.25, 0.3) is 5.52 Å². The molecule has 2 aromatic rings. The molecule has 2 aliphatic rings. The molecule has 1 aliphatic carbocycles. The van der Waals surface area contributed by atoms with E-state index in [9.17, 15) is 4.79 Å². The Morgan fingerprint density at radius 2 is 1.81 bits per heavy atom. The number of amides is 1. The summed E-state index contributed by atoms with van der Waals surface area (Å²) in [6, 6.07) is 7.75. The topological polar surface area (TPSA) is 40.8 Å². The van der Waals surface area contributed by atoms with Gasteiger partial charge in [0.15, 0.2) is 0 Å². The van der Waals surface area contributed by atoms with Crippen molar-refractivity contribution in [3.63, 3.8) is 0 Å². The first-order chi connectivity index (χ1) is 12.7. The second-order valence-electron chi connectivity index (χ2n) is 8.07. The number of carbonyl (C=O) groups excluding carboxylic acids is 1. The van der Waals surface area contributed by atoms with Crippen LogP contribution in [0.2, 0.25) is 0 Å². The van der Waals surface area contributed by atoms with Crippen LogP contribution < -0.4 is 0 Å². The number of aromatic nitrogens is 2. The number of carbonyl (C=O) groups is 1. The van der Waals surface area contributed by atoms with E-state index in [1.54, 1.807) is 10.7 Å². The Bertz CT molecular complexity index is 756. The summed E-state index contributed by atoms with van der Waals surface area (Å²) >= 11 is 0. The normalized spacial score (nSPS) is 21.0. The molecular weight excluding hydrogens is 324 g/mol. The van der Waals surface area contributed by atoms with Crippen LogP contribution in [0.15, 0.2) is 30.5 Å². The average Bonchev–Trinajstić information content (AvgIpc) is 3.17. The molecule has 0 spiro atoms. The van der Waals surface area contributed by atoms with Gasteiger partial charge in [0.05, 0.1) is 11.7 Å². The lowest BCUT2D eigenvalue weighted by atomic mass is 9.78. The van der Waals surface area contributed by atoms with E-state index in [1.807, 2.05) is 36.2 Å². The van der Waals surface area contributed by atoms with Crippen LogP contribution in [-0.2, 0) is 0 Å². The second-order valence-corrected chi connectivity index (χ2v) is 8.07. The lowest BCUT2D eigenvalue weighted by Gasteiger charge is -2.49. The molecule has 0 aromatic carbocycles. The monoisotopic (exact) mass is 354 g/mol. The van der Waals surface area contributed by atoms with Gasteiger partial charge >= 0.3 is 0 Å². The highest BCUT2D eigenvalue weighted by atomic mass is 16.2. The molecule has 0 N–H and O–H groups in total. The van der Waals surface area contributed by atoms with Gasteiger partial charge in [0.1, 0.15) is 5.69 Å². The molecule has 4 rings (SSSR count). The molecule has 1 amide bonds. The Balaban J connectivity index is 1.56. The SMILES string of the molecule is CN(CC1(N2CCCCC2)CCCCC1)C(=O)c1cccc2ccnn12. The van der Waals surface area contributed by atoms with Crippen molar-refractivity contribution in [3.8, 4) is 0 Å². The minimum Gasteiger partial charge on any atom is -0.339 e. The number of nitrogens with zero attached hydrogens (tertiary/aromatic N) is 4. The predicted molar refractivity (Wildman–Crippen MR) is 103 cm³/mol. The van der Waals surface area contributed by atoms with Crippen LogP contribution in [0.4, 0.5) is 0 Å². The summed E-state index contributed by atoms with van der Waals surface area (Å²) in [5, 5.41) is 4.33. The van der Waals surface area contributed by atoms with Crippen LogP contribution in [0.3, 0.4) is 0 Å². The fraction of sp³-hybridized carbons (Fsp3) is 0.619. The smallest absolute Gasteiger partial charge is 0.272 e. The molecule has 140 valence electrons. The first kappa shape index (κ1) is 17.5. The number of hydrogen-bond donors (Lipinski definition) is 0. The molecule has 3 heterocycles. The number of likely N-dealkylation sites (tertiary alicyclic amines) is 1. The summed E-state index contributed by atoms with van der Waals surface area (Å²) < 4.78 is 1.76. The van der Waals surface area contributed by atoms with Gasteiger partial charge in [0.2, 0.25) is 0 Å². The Morgan fingerprint density at radius 1 is 1.08 bits per heavy atom. The van der Waals surface area contributed by atoms with Gasteiger partial charge in [0, 0.05) is 19.1 Å². The molecule has 0 bridgehead atoms. The highest BCUT2D eigenvalue weighted by Gasteiger charge is 2.40. The maximum Gasteiger partial charge on any atom is 0.272 e. The summed E-state index contributed by atoms with van der Waals surface area (Å²) in [6.07, 6.45) is 12.0. The predicted octanol–water partition coefficient (Wildman–Crippen LogP) is 3.60. The van der Waals surface area contributed by atoms with Crippen molar-refractivity contribution in [2.75, 3.05) is 26.7 Å². The van der Waals surface area contributed by atoms with Crippen LogP contribution >= 0.6 is 0 Å². The number of pyridine rings is 1. The number of piperidine rings is 1. The van der Waals surface area contributed by atoms with Crippen molar-refractivity contribution in [2.45, 2.75) is 56.9 Å². The first-order valence-electron chi connectivity index (χ1n) is 10.1. The van der Waals surface area contributed by atoms with Crippen molar-refractivity contribution >= 4 is 11.4 Å². The zero-order valence-electron chi connectivity index (χ0n) is 15.9. The molecule has 5 nitrogen and oxygen atoms in total. The van der Waals surface area contributed by atoms with E-state index in [-0.39, 0.29) is 11.4 Å². The van der Waals surface area contributed by atoms with E-state index in [2.05, 4.69) is 10.00 Å². The summed E-state index contributed by atoms with van der Waals surface area (Å²) in [4.78, 5) is 17.8. The quantitative estimate of drug-likeness (QED) is 0.842. The standard InChI is InChI=1S/C21H30N4O/c1-23(20(26)19-10-8-9-18-11-14-22-25(18)19)17-21(12-4-2-5-13-21)24-15-6-3-7-16-24/h8-11,14H,2-7,12-13,15-17H2,1H3. The molecule has 26 heavy (non-hydrogen) atoms. The Kier molecular flexibility index (Phi) is 4.98. The van der Waals surface area contributed by atoms with Gasteiger partial charge in [-0.3, -0.25) is 9.69 Å². The summed E-state index contributed by atoms with van der Waals surface area (Å²) in [5.41, 5.74) is 1.79. The molecular formula is C21H30N4O. The van der Waals surface area contributed by atoms with Gasteiger partial charge in [-0.2, -0.15) is 5.10 Å². The van der Waals surface area contributed by atoms with E-state index in [0.29, 0.717) is 5.69 Å².